The first-order valence-electron chi connectivity index (χ1n) is 8.15. The Kier molecular flexibility index (Phi) is 18.3. The van der Waals surface area contributed by atoms with Gasteiger partial charge in [0.25, 0.3) is 10.0 Å². The van der Waals surface area contributed by atoms with Gasteiger partial charge in [-0.1, -0.05) is 45.6 Å². The minimum absolute atomic E-state index is 0.117. The molecule has 150 valence electrons. The van der Waals surface area contributed by atoms with Crippen LogP contribution in [0.5, 0.6) is 0 Å². The van der Waals surface area contributed by atoms with Crippen LogP contribution in [0.4, 0.5) is 5.69 Å². The predicted molar refractivity (Wildman–Crippen MR) is 110 cm³/mol. The van der Waals surface area contributed by atoms with Crippen molar-refractivity contribution in [3.05, 3.63) is 54.0 Å². The molecule has 0 bridgehead atoms. The fourth-order valence-electron chi connectivity index (χ4n) is 1.46. The van der Waals surface area contributed by atoms with Crippen LogP contribution >= 0.6 is 0 Å². The lowest BCUT2D eigenvalue weighted by atomic mass is 10.1. The van der Waals surface area contributed by atoms with Gasteiger partial charge >= 0.3 is 0 Å². The van der Waals surface area contributed by atoms with Gasteiger partial charge in [0.05, 0.1) is 17.2 Å². The molecular formula is C19H33NO5S. The Hall–Kier alpha value is -1.96. The van der Waals surface area contributed by atoms with Gasteiger partial charge in [-0.3, -0.25) is 9.52 Å². The highest BCUT2D eigenvalue weighted by Crippen LogP contribution is 2.22. The molecule has 0 saturated carbocycles. The normalized spacial score (nSPS) is 10.3. The van der Waals surface area contributed by atoms with Crippen LogP contribution < -0.4 is 4.72 Å². The van der Waals surface area contributed by atoms with E-state index in [1.54, 1.807) is 31.2 Å². The zero-order valence-corrected chi connectivity index (χ0v) is 17.4. The van der Waals surface area contributed by atoms with E-state index in [1.807, 2.05) is 20.8 Å². The number of para-hydroxylation sites is 1. The maximum absolute atomic E-state index is 12.0. The number of rotatable bonds is 6. The molecular weight excluding hydrogens is 354 g/mol. The van der Waals surface area contributed by atoms with E-state index in [0.29, 0.717) is 0 Å². The summed E-state index contributed by atoms with van der Waals surface area (Å²) in [7, 11) is -2.84. The lowest BCUT2D eigenvalue weighted by Crippen LogP contribution is -2.21. The Bertz CT molecular complexity index is 639. The van der Waals surface area contributed by atoms with E-state index >= 15 is 0 Å². The second kappa shape index (κ2) is 16.5. The number of hydrogen-bond acceptors (Lipinski definition) is 5. The quantitative estimate of drug-likeness (QED) is 0.511. The highest BCUT2D eigenvalue weighted by Gasteiger charge is 2.22. The van der Waals surface area contributed by atoms with Gasteiger partial charge in [0.15, 0.2) is 5.78 Å². The molecule has 1 aromatic rings. The van der Waals surface area contributed by atoms with Gasteiger partial charge in [0.2, 0.25) is 0 Å². The van der Waals surface area contributed by atoms with Crippen molar-refractivity contribution < 1.29 is 23.4 Å². The van der Waals surface area contributed by atoms with E-state index in [4.69, 9.17) is 10.2 Å². The highest BCUT2D eigenvalue weighted by atomic mass is 32.2. The largest absolute Gasteiger partial charge is 0.400 e. The summed E-state index contributed by atoms with van der Waals surface area (Å²) in [5.74, 6) is -0.818. The number of nitrogens with one attached hydrogen (secondary N) is 1. The van der Waals surface area contributed by atoms with Crippen molar-refractivity contribution >= 4 is 21.5 Å². The first kappa shape index (κ1) is 28.8. The second-order valence-electron chi connectivity index (χ2n) is 4.67. The number of Topliss-reactive ketones (excluding diaryl/α,β-unsaturated/α-hetero) is 1. The summed E-state index contributed by atoms with van der Waals surface area (Å²) >= 11 is 0. The van der Waals surface area contributed by atoms with Gasteiger partial charge in [-0.15, -0.1) is 6.58 Å². The minimum atomic E-state index is -3.84. The van der Waals surface area contributed by atoms with Crippen molar-refractivity contribution in [2.75, 3.05) is 18.4 Å². The van der Waals surface area contributed by atoms with Crippen molar-refractivity contribution in [3.63, 3.8) is 0 Å². The number of anilines is 1. The van der Waals surface area contributed by atoms with E-state index in [0.717, 1.165) is 7.11 Å². The molecule has 0 radical (unpaired) electrons. The summed E-state index contributed by atoms with van der Waals surface area (Å²) in [4.78, 5) is 11.3. The van der Waals surface area contributed by atoms with Gasteiger partial charge in [-0.2, -0.15) is 0 Å². The smallest absolute Gasteiger partial charge is 0.257 e. The van der Waals surface area contributed by atoms with Gasteiger partial charge in [0, 0.05) is 18.6 Å². The molecule has 1 unspecified atom stereocenters. The third-order valence-corrected chi connectivity index (χ3v) is 4.30. The number of sulfonamides is 1. The van der Waals surface area contributed by atoms with Crippen molar-refractivity contribution in [2.45, 2.75) is 34.6 Å². The van der Waals surface area contributed by atoms with Crippen molar-refractivity contribution in [3.8, 4) is 0 Å². The maximum atomic E-state index is 12.0. The Morgan fingerprint density at radius 1 is 1.27 bits per heavy atom. The number of aliphatic hydroxyl groups excluding tert-OH is 2. The Labute approximate surface area is 158 Å². The zero-order chi connectivity index (χ0) is 21.3. The van der Waals surface area contributed by atoms with Crippen molar-refractivity contribution in [1.82, 2.24) is 0 Å². The lowest BCUT2D eigenvalue weighted by Gasteiger charge is -2.15. The number of carbonyl (C=O) groups is 1. The topological polar surface area (TPSA) is 104 Å². The highest BCUT2D eigenvalue weighted by molar-refractivity contribution is 7.96. The molecule has 26 heavy (non-hydrogen) atoms. The monoisotopic (exact) mass is 387 g/mol. The molecule has 0 aliphatic heterocycles. The van der Waals surface area contributed by atoms with E-state index < -0.39 is 15.9 Å². The number of aliphatic hydroxyl groups is 2. The Balaban J connectivity index is -0.000000663. The lowest BCUT2D eigenvalue weighted by molar-refractivity contribution is 0.101. The molecule has 1 atom stereocenters. The summed E-state index contributed by atoms with van der Waals surface area (Å²) in [6.45, 7) is 15.3. The summed E-state index contributed by atoms with van der Waals surface area (Å²) in [5.41, 5.74) is 0.497. The molecule has 0 amide bonds. The average molecular weight is 388 g/mol. The van der Waals surface area contributed by atoms with Gasteiger partial charge < -0.3 is 10.2 Å². The number of carbonyl (C=O) groups excluding carboxylic acids is 1. The van der Waals surface area contributed by atoms with Crippen LogP contribution in [0.1, 0.15) is 45.0 Å². The van der Waals surface area contributed by atoms with E-state index in [-0.39, 0.29) is 28.5 Å². The van der Waals surface area contributed by atoms with Crippen LogP contribution in [0.3, 0.4) is 0 Å². The first-order valence-corrected chi connectivity index (χ1v) is 9.63. The number of benzene rings is 1. The van der Waals surface area contributed by atoms with E-state index in [9.17, 15) is 13.2 Å². The van der Waals surface area contributed by atoms with E-state index in [1.165, 1.54) is 13.0 Å². The standard InChI is InChI=1S/C13H17NO4S.C3H6.C2H6.CH4O/c1-9(8-15)11(3)19(17,18)14-13-7-5-4-6-12(13)10(2)16;1-3-2;2*1-2/h4-7,9,14-15H,3,8H2,1-2H3;3H,1H2,2H3;1-2H3;2H,1H3. The third-order valence-electron chi connectivity index (χ3n) is 2.72. The van der Waals surface area contributed by atoms with Crippen molar-refractivity contribution in [2.24, 2.45) is 5.92 Å². The molecule has 0 heterocycles. The van der Waals surface area contributed by atoms with Crippen LogP contribution in [-0.4, -0.2) is 38.1 Å². The summed E-state index contributed by atoms with van der Waals surface area (Å²) < 4.78 is 26.4. The first-order chi connectivity index (χ1) is 12.2. The molecule has 7 heteroatoms. The van der Waals surface area contributed by atoms with Gasteiger partial charge in [-0.05, 0) is 26.0 Å². The maximum Gasteiger partial charge on any atom is 0.257 e. The summed E-state index contributed by atoms with van der Waals surface area (Å²) in [5, 5.41) is 16.0. The van der Waals surface area contributed by atoms with Crippen molar-refractivity contribution in [1.29, 1.82) is 0 Å². The van der Waals surface area contributed by atoms with Crippen LogP contribution in [-0.2, 0) is 10.0 Å². The molecule has 6 nitrogen and oxygen atoms in total. The average Bonchev–Trinajstić information content (AvgIpc) is 2.64. The Morgan fingerprint density at radius 3 is 2.08 bits per heavy atom. The molecule has 3 N–H and O–H groups in total. The van der Waals surface area contributed by atoms with Crippen LogP contribution in [0, 0.1) is 5.92 Å². The summed E-state index contributed by atoms with van der Waals surface area (Å²) in [6, 6.07) is 6.33. The molecule has 1 rings (SSSR count). The van der Waals surface area contributed by atoms with E-state index in [2.05, 4.69) is 17.9 Å². The molecule has 1 aromatic carbocycles. The summed E-state index contributed by atoms with van der Waals surface area (Å²) in [6.07, 6.45) is 1.75. The number of hydrogen-bond donors (Lipinski definition) is 3. The third kappa shape index (κ3) is 10.8. The van der Waals surface area contributed by atoms with Crippen LogP contribution in [0.2, 0.25) is 0 Å². The molecule has 0 saturated heterocycles. The second-order valence-corrected chi connectivity index (χ2v) is 6.40. The fourth-order valence-corrected chi connectivity index (χ4v) is 2.66. The number of ketones is 1. The molecule has 0 aliphatic carbocycles. The predicted octanol–water partition coefficient (Wildman–Crippen LogP) is 3.60. The molecule has 0 spiro atoms. The van der Waals surface area contributed by atoms with Gasteiger partial charge in [-0.25, -0.2) is 8.42 Å². The minimum Gasteiger partial charge on any atom is -0.400 e. The number of allylic oxidation sites excluding steroid dienone is 1. The zero-order valence-electron chi connectivity index (χ0n) is 16.6. The van der Waals surface area contributed by atoms with Crippen LogP contribution in [0.25, 0.3) is 0 Å². The molecule has 0 aliphatic rings. The molecule has 0 aromatic heterocycles. The van der Waals surface area contributed by atoms with Crippen LogP contribution in [0.15, 0.2) is 48.4 Å². The van der Waals surface area contributed by atoms with Gasteiger partial charge in [0.1, 0.15) is 0 Å². The SMILES string of the molecule is C=C(C(C)CO)S(=O)(=O)Nc1ccccc1C(C)=O.C=CC.CC.CO. The molecule has 0 fully saturated rings. The fraction of sp³-hybridized carbons (Fsp3) is 0.421. The Morgan fingerprint density at radius 2 is 1.69 bits per heavy atom.